The van der Waals surface area contributed by atoms with Gasteiger partial charge in [0.2, 0.25) is 10.0 Å². The van der Waals surface area contributed by atoms with E-state index in [9.17, 15) is 8.42 Å². The molecule has 2 fully saturated rings. The Bertz CT molecular complexity index is 374. The second-order valence-electron chi connectivity index (χ2n) is 5.97. The van der Waals surface area contributed by atoms with E-state index in [0.29, 0.717) is 12.0 Å². The van der Waals surface area contributed by atoms with Crippen molar-refractivity contribution >= 4 is 10.0 Å². The number of hydrogen-bond acceptors (Lipinski definition) is 3. The van der Waals surface area contributed by atoms with Crippen molar-refractivity contribution in [3.63, 3.8) is 0 Å². The molecule has 5 heteroatoms. The predicted octanol–water partition coefficient (Wildman–Crippen LogP) is 2.01. The monoisotopic (exact) mass is 275 g/mol. The number of nitrogens with zero attached hydrogens (tertiary/aromatic N) is 1. The van der Waals surface area contributed by atoms with Gasteiger partial charge in [-0.15, -0.1) is 0 Å². The lowest BCUT2D eigenvalue weighted by Gasteiger charge is -2.40. The van der Waals surface area contributed by atoms with E-state index in [4.69, 9.17) is 4.74 Å². The molecule has 0 bridgehead atoms. The molecule has 0 aromatic rings. The van der Waals surface area contributed by atoms with Gasteiger partial charge in [-0.05, 0) is 38.0 Å². The molecule has 1 saturated heterocycles. The van der Waals surface area contributed by atoms with E-state index < -0.39 is 10.0 Å². The van der Waals surface area contributed by atoms with Crippen LogP contribution in [-0.4, -0.2) is 44.8 Å². The molecule has 106 valence electrons. The molecule has 18 heavy (non-hydrogen) atoms. The summed E-state index contributed by atoms with van der Waals surface area (Å²) in [6.07, 6.45) is 6.94. The van der Waals surface area contributed by atoms with Gasteiger partial charge in [-0.1, -0.05) is 12.8 Å². The standard InChI is InChI=1S/C13H25NO3S/c1-12(17-2)10-18(15,16)14-9-5-8-13(11-14)6-3-4-7-13/h12H,3-11H2,1-2H3/t12-/m0/s1. The molecule has 2 aliphatic rings. The Balaban J connectivity index is 2.04. The van der Waals surface area contributed by atoms with Crippen LogP contribution in [0.2, 0.25) is 0 Å². The molecular formula is C13H25NO3S. The number of piperidine rings is 1. The van der Waals surface area contributed by atoms with Crippen molar-refractivity contribution in [1.29, 1.82) is 0 Å². The Labute approximate surface area is 111 Å². The third-order valence-corrected chi connectivity index (χ3v) is 6.52. The Morgan fingerprint density at radius 1 is 1.22 bits per heavy atom. The van der Waals surface area contributed by atoms with Crippen LogP contribution in [0.15, 0.2) is 0 Å². The molecule has 2 rings (SSSR count). The maximum absolute atomic E-state index is 12.3. The zero-order valence-corrected chi connectivity index (χ0v) is 12.3. The van der Waals surface area contributed by atoms with Crippen LogP contribution >= 0.6 is 0 Å². The summed E-state index contributed by atoms with van der Waals surface area (Å²) in [5.41, 5.74) is 0.293. The van der Waals surface area contributed by atoms with Crippen molar-refractivity contribution in [3.05, 3.63) is 0 Å². The minimum Gasteiger partial charge on any atom is -0.381 e. The quantitative estimate of drug-likeness (QED) is 0.788. The first-order chi connectivity index (χ1) is 8.47. The number of hydrogen-bond donors (Lipinski definition) is 0. The molecular weight excluding hydrogens is 250 g/mol. The second kappa shape index (κ2) is 5.47. The van der Waals surface area contributed by atoms with Crippen LogP contribution < -0.4 is 0 Å². The van der Waals surface area contributed by atoms with Crippen LogP contribution in [0.25, 0.3) is 0 Å². The summed E-state index contributed by atoms with van der Waals surface area (Å²) in [5, 5.41) is 0. The number of sulfonamides is 1. The maximum atomic E-state index is 12.3. The van der Waals surface area contributed by atoms with Gasteiger partial charge in [0.05, 0.1) is 11.9 Å². The fraction of sp³-hybridized carbons (Fsp3) is 1.00. The van der Waals surface area contributed by atoms with Gasteiger partial charge >= 0.3 is 0 Å². The molecule has 1 heterocycles. The third-order valence-electron chi connectivity index (χ3n) is 4.53. The first-order valence-corrected chi connectivity index (χ1v) is 8.59. The van der Waals surface area contributed by atoms with Crippen LogP contribution in [0, 0.1) is 5.41 Å². The molecule has 1 spiro atoms. The maximum Gasteiger partial charge on any atom is 0.216 e. The van der Waals surface area contributed by atoms with Crippen LogP contribution in [0.4, 0.5) is 0 Å². The zero-order valence-electron chi connectivity index (χ0n) is 11.5. The van der Waals surface area contributed by atoms with Crippen molar-refractivity contribution in [1.82, 2.24) is 4.31 Å². The Morgan fingerprint density at radius 3 is 2.44 bits per heavy atom. The highest BCUT2D eigenvalue weighted by Crippen LogP contribution is 2.45. The molecule has 0 aromatic heterocycles. The topological polar surface area (TPSA) is 46.6 Å². The van der Waals surface area contributed by atoms with Crippen molar-refractivity contribution in [2.24, 2.45) is 5.41 Å². The third kappa shape index (κ3) is 3.06. The van der Waals surface area contributed by atoms with Gasteiger partial charge in [-0.3, -0.25) is 0 Å². The normalized spacial score (nSPS) is 26.6. The molecule has 4 nitrogen and oxygen atoms in total. The fourth-order valence-corrected chi connectivity index (χ4v) is 5.22. The average Bonchev–Trinajstić information content (AvgIpc) is 2.76. The molecule has 0 N–H and O–H groups in total. The Hall–Kier alpha value is -0.130. The number of methoxy groups -OCH3 is 1. The summed E-state index contributed by atoms with van der Waals surface area (Å²) < 4.78 is 31.5. The van der Waals surface area contributed by atoms with Crippen molar-refractivity contribution in [2.75, 3.05) is 26.0 Å². The molecule has 0 amide bonds. The Morgan fingerprint density at radius 2 is 1.83 bits per heavy atom. The van der Waals surface area contributed by atoms with E-state index in [0.717, 1.165) is 13.0 Å². The van der Waals surface area contributed by atoms with Crippen molar-refractivity contribution in [3.8, 4) is 0 Å². The van der Waals surface area contributed by atoms with Crippen LogP contribution in [0.3, 0.4) is 0 Å². The molecule has 0 aromatic carbocycles. The van der Waals surface area contributed by atoms with Crippen molar-refractivity contribution in [2.45, 2.75) is 51.6 Å². The summed E-state index contributed by atoms with van der Waals surface area (Å²) in [5.74, 6) is 0.111. The largest absolute Gasteiger partial charge is 0.381 e. The summed E-state index contributed by atoms with van der Waals surface area (Å²) in [7, 11) is -1.59. The highest BCUT2D eigenvalue weighted by molar-refractivity contribution is 7.89. The van der Waals surface area contributed by atoms with Gasteiger partial charge in [-0.25, -0.2) is 12.7 Å². The van der Waals surface area contributed by atoms with E-state index in [1.54, 1.807) is 11.4 Å². The summed E-state index contributed by atoms with van der Waals surface area (Å²) in [6, 6.07) is 0. The van der Waals surface area contributed by atoms with Gasteiger partial charge in [0, 0.05) is 20.2 Å². The fourth-order valence-electron chi connectivity index (χ4n) is 3.40. The molecule has 1 aliphatic heterocycles. The Kier molecular flexibility index (Phi) is 4.34. The lowest BCUT2D eigenvalue weighted by Crippen LogP contribution is -2.47. The van der Waals surface area contributed by atoms with Crippen LogP contribution in [-0.2, 0) is 14.8 Å². The zero-order chi connectivity index (χ0) is 13.2. The first kappa shape index (κ1) is 14.3. The highest BCUT2D eigenvalue weighted by Gasteiger charge is 2.41. The SMILES string of the molecule is CO[C@@H](C)CS(=O)(=O)N1CCCC2(CCCC2)C1. The summed E-state index contributed by atoms with van der Waals surface area (Å²) in [6.45, 7) is 3.25. The van der Waals surface area contributed by atoms with Crippen LogP contribution in [0.1, 0.15) is 45.4 Å². The van der Waals surface area contributed by atoms with Gasteiger partial charge in [0.15, 0.2) is 0 Å². The van der Waals surface area contributed by atoms with Gasteiger partial charge < -0.3 is 4.74 Å². The van der Waals surface area contributed by atoms with E-state index in [1.165, 1.54) is 32.1 Å². The molecule has 0 unspecified atom stereocenters. The average molecular weight is 275 g/mol. The minimum absolute atomic E-state index is 0.111. The molecule has 1 aliphatic carbocycles. The predicted molar refractivity (Wildman–Crippen MR) is 72.0 cm³/mol. The van der Waals surface area contributed by atoms with E-state index >= 15 is 0 Å². The number of ether oxygens (including phenoxy) is 1. The van der Waals surface area contributed by atoms with Crippen LogP contribution in [0.5, 0.6) is 0 Å². The molecule has 1 atom stereocenters. The first-order valence-electron chi connectivity index (χ1n) is 6.98. The summed E-state index contributed by atoms with van der Waals surface area (Å²) >= 11 is 0. The van der Waals surface area contributed by atoms with E-state index in [2.05, 4.69) is 0 Å². The van der Waals surface area contributed by atoms with Gasteiger partial charge in [0.1, 0.15) is 0 Å². The molecule has 0 radical (unpaired) electrons. The van der Waals surface area contributed by atoms with Gasteiger partial charge in [-0.2, -0.15) is 0 Å². The molecule has 1 saturated carbocycles. The lowest BCUT2D eigenvalue weighted by atomic mass is 9.79. The highest BCUT2D eigenvalue weighted by atomic mass is 32.2. The van der Waals surface area contributed by atoms with E-state index in [-0.39, 0.29) is 11.9 Å². The second-order valence-corrected chi connectivity index (χ2v) is 7.98. The lowest BCUT2D eigenvalue weighted by molar-refractivity contribution is 0.128. The summed E-state index contributed by atoms with van der Waals surface area (Å²) in [4.78, 5) is 0. The van der Waals surface area contributed by atoms with Crippen molar-refractivity contribution < 1.29 is 13.2 Å². The smallest absolute Gasteiger partial charge is 0.216 e. The van der Waals surface area contributed by atoms with Gasteiger partial charge in [0.25, 0.3) is 0 Å². The van der Waals surface area contributed by atoms with E-state index in [1.807, 2.05) is 6.92 Å². The minimum atomic E-state index is -3.15. The number of rotatable bonds is 4.